The highest BCUT2D eigenvalue weighted by atomic mass is 16.2. The summed E-state index contributed by atoms with van der Waals surface area (Å²) in [4.78, 5) is 20.3. The van der Waals surface area contributed by atoms with Gasteiger partial charge < -0.3 is 10.6 Å². The Labute approximate surface area is 140 Å². The molecule has 0 aliphatic heterocycles. The molecule has 2 heterocycles. The standard InChI is InChI=1S/C18H19N5O/c24-18(21-10-8-15-5-2-1-3-6-15)22-13-16-7-4-9-20-17(16)23-12-11-19-14-23/h1-7,9,11-12,14H,8,10,13H2,(H2,21,22,24). The van der Waals surface area contributed by atoms with E-state index in [0.717, 1.165) is 17.8 Å². The Kier molecular flexibility index (Phi) is 5.19. The molecule has 2 N–H and O–H groups in total. The van der Waals surface area contributed by atoms with Crippen molar-refractivity contribution in [1.29, 1.82) is 0 Å². The van der Waals surface area contributed by atoms with Crippen molar-refractivity contribution in [2.75, 3.05) is 6.54 Å². The zero-order chi connectivity index (χ0) is 16.6. The van der Waals surface area contributed by atoms with Crippen molar-refractivity contribution in [3.05, 3.63) is 78.5 Å². The highest BCUT2D eigenvalue weighted by molar-refractivity contribution is 5.73. The molecule has 0 aliphatic carbocycles. The minimum atomic E-state index is -0.189. The number of urea groups is 1. The fourth-order valence-electron chi connectivity index (χ4n) is 2.39. The lowest BCUT2D eigenvalue weighted by atomic mass is 10.1. The molecule has 0 atom stereocenters. The Balaban J connectivity index is 1.50. The van der Waals surface area contributed by atoms with Gasteiger partial charge in [0.05, 0.1) is 0 Å². The van der Waals surface area contributed by atoms with Crippen LogP contribution in [0.25, 0.3) is 5.82 Å². The summed E-state index contributed by atoms with van der Waals surface area (Å²) >= 11 is 0. The molecular formula is C18H19N5O. The van der Waals surface area contributed by atoms with Crippen molar-refractivity contribution < 1.29 is 4.79 Å². The first kappa shape index (κ1) is 15.7. The summed E-state index contributed by atoms with van der Waals surface area (Å²) in [5, 5.41) is 5.73. The molecule has 0 aliphatic rings. The van der Waals surface area contributed by atoms with Crippen molar-refractivity contribution >= 4 is 6.03 Å². The summed E-state index contributed by atoms with van der Waals surface area (Å²) in [5.74, 6) is 0.764. The maximum absolute atomic E-state index is 11.9. The number of pyridine rings is 1. The van der Waals surface area contributed by atoms with Gasteiger partial charge in [0.15, 0.2) is 0 Å². The van der Waals surface area contributed by atoms with Crippen LogP contribution < -0.4 is 10.6 Å². The number of amides is 2. The molecule has 0 fully saturated rings. The highest BCUT2D eigenvalue weighted by Crippen LogP contribution is 2.10. The van der Waals surface area contributed by atoms with Crippen LogP contribution in [0.3, 0.4) is 0 Å². The van der Waals surface area contributed by atoms with E-state index >= 15 is 0 Å². The van der Waals surface area contributed by atoms with Gasteiger partial charge in [-0.05, 0) is 18.1 Å². The van der Waals surface area contributed by atoms with E-state index in [2.05, 4.69) is 20.6 Å². The molecule has 3 aromatic rings. The Morgan fingerprint density at radius 3 is 2.71 bits per heavy atom. The number of nitrogens with zero attached hydrogens (tertiary/aromatic N) is 3. The smallest absolute Gasteiger partial charge is 0.315 e. The molecule has 122 valence electrons. The average molecular weight is 321 g/mol. The Bertz CT molecular complexity index is 771. The third-order valence-corrected chi connectivity index (χ3v) is 3.60. The van der Waals surface area contributed by atoms with Gasteiger partial charge in [-0.15, -0.1) is 0 Å². The largest absolute Gasteiger partial charge is 0.338 e. The molecular weight excluding hydrogens is 302 g/mol. The van der Waals surface area contributed by atoms with Gasteiger partial charge in [-0.3, -0.25) is 4.57 Å². The van der Waals surface area contributed by atoms with Crippen LogP contribution in [0.1, 0.15) is 11.1 Å². The molecule has 0 spiro atoms. The summed E-state index contributed by atoms with van der Waals surface area (Å²) in [6.07, 6.45) is 7.74. The van der Waals surface area contributed by atoms with Crippen LogP contribution in [0.2, 0.25) is 0 Å². The predicted molar refractivity (Wildman–Crippen MR) is 91.7 cm³/mol. The summed E-state index contributed by atoms with van der Waals surface area (Å²) in [7, 11) is 0. The number of carbonyl (C=O) groups is 1. The van der Waals surface area contributed by atoms with E-state index in [1.54, 1.807) is 18.7 Å². The monoisotopic (exact) mass is 321 g/mol. The average Bonchev–Trinajstić information content (AvgIpc) is 3.16. The Hall–Kier alpha value is -3.15. The van der Waals surface area contributed by atoms with Gasteiger partial charge in [-0.1, -0.05) is 36.4 Å². The Morgan fingerprint density at radius 1 is 1.04 bits per heavy atom. The lowest BCUT2D eigenvalue weighted by Crippen LogP contribution is -2.36. The second-order valence-electron chi connectivity index (χ2n) is 5.30. The molecule has 0 saturated heterocycles. The first-order valence-electron chi connectivity index (χ1n) is 7.81. The molecule has 2 amide bonds. The number of nitrogens with one attached hydrogen (secondary N) is 2. The van der Waals surface area contributed by atoms with Gasteiger partial charge in [0, 0.05) is 37.2 Å². The van der Waals surface area contributed by atoms with E-state index in [4.69, 9.17) is 0 Å². The topological polar surface area (TPSA) is 71.8 Å². The maximum atomic E-state index is 11.9. The maximum Gasteiger partial charge on any atom is 0.315 e. The second-order valence-corrected chi connectivity index (χ2v) is 5.30. The normalized spacial score (nSPS) is 10.3. The van der Waals surface area contributed by atoms with E-state index in [1.807, 2.05) is 53.2 Å². The third-order valence-electron chi connectivity index (χ3n) is 3.60. The summed E-state index contributed by atoms with van der Waals surface area (Å²) < 4.78 is 1.82. The lowest BCUT2D eigenvalue weighted by Gasteiger charge is -2.11. The molecule has 0 bridgehead atoms. The van der Waals surface area contributed by atoms with Crippen LogP contribution in [-0.2, 0) is 13.0 Å². The lowest BCUT2D eigenvalue weighted by molar-refractivity contribution is 0.240. The van der Waals surface area contributed by atoms with E-state index < -0.39 is 0 Å². The summed E-state index contributed by atoms with van der Waals surface area (Å²) in [5.41, 5.74) is 2.13. The minimum absolute atomic E-state index is 0.189. The van der Waals surface area contributed by atoms with Gasteiger partial charge in [0.2, 0.25) is 0 Å². The van der Waals surface area contributed by atoms with E-state index in [-0.39, 0.29) is 6.03 Å². The van der Waals surface area contributed by atoms with E-state index in [1.165, 1.54) is 5.56 Å². The molecule has 1 aromatic carbocycles. The SMILES string of the molecule is O=C(NCCc1ccccc1)NCc1cccnc1-n1ccnc1. The molecule has 24 heavy (non-hydrogen) atoms. The van der Waals surface area contributed by atoms with Crippen molar-refractivity contribution in [3.63, 3.8) is 0 Å². The molecule has 0 saturated carbocycles. The molecule has 3 rings (SSSR count). The Morgan fingerprint density at radius 2 is 1.92 bits per heavy atom. The molecule has 2 aromatic heterocycles. The number of hydrogen-bond acceptors (Lipinski definition) is 3. The fraction of sp³-hybridized carbons (Fsp3) is 0.167. The summed E-state index contributed by atoms with van der Waals surface area (Å²) in [6, 6.07) is 13.7. The predicted octanol–water partition coefficient (Wildman–Crippen LogP) is 2.31. The van der Waals surface area contributed by atoms with Gasteiger partial charge in [0.1, 0.15) is 12.1 Å². The number of carbonyl (C=O) groups excluding carboxylic acids is 1. The van der Waals surface area contributed by atoms with Crippen molar-refractivity contribution in [1.82, 2.24) is 25.2 Å². The van der Waals surface area contributed by atoms with Crippen molar-refractivity contribution in [2.45, 2.75) is 13.0 Å². The first-order valence-corrected chi connectivity index (χ1v) is 7.81. The number of imidazole rings is 1. The number of hydrogen-bond donors (Lipinski definition) is 2. The quantitative estimate of drug-likeness (QED) is 0.732. The van der Waals surface area contributed by atoms with E-state index in [9.17, 15) is 4.79 Å². The van der Waals surface area contributed by atoms with Crippen LogP contribution in [0.4, 0.5) is 4.79 Å². The van der Waals surface area contributed by atoms with Gasteiger partial charge in [-0.2, -0.15) is 0 Å². The first-order chi connectivity index (χ1) is 11.8. The van der Waals surface area contributed by atoms with Crippen LogP contribution in [0.5, 0.6) is 0 Å². The van der Waals surface area contributed by atoms with Crippen molar-refractivity contribution in [3.8, 4) is 5.82 Å². The number of benzene rings is 1. The second kappa shape index (κ2) is 7.92. The van der Waals surface area contributed by atoms with Gasteiger partial charge in [-0.25, -0.2) is 14.8 Å². The number of rotatable bonds is 6. The van der Waals surface area contributed by atoms with Gasteiger partial charge >= 0.3 is 6.03 Å². The van der Waals surface area contributed by atoms with Crippen LogP contribution in [-0.4, -0.2) is 27.1 Å². The molecule has 6 heteroatoms. The molecule has 0 unspecified atom stereocenters. The highest BCUT2D eigenvalue weighted by Gasteiger charge is 2.07. The zero-order valence-corrected chi connectivity index (χ0v) is 13.2. The number of aromatic nitrogens is 3. The van der Waals surface area contributed by atoms with Crippen LogP contribution in [0, 0.1) is 0 Å². The minimum Gasteiger partial charge on any atom is -0.338 e. The zero-order valence-electron chi connectivity index (χ0n) is 13.2. The fourth-order valence-corrected chi connectivity index (χ4v) is 2.39. The van der Waals surface area contributed by atoms with Gasteiger partial charge in [0.25, 0.3) is 0 Å². The summed E-state index contributed by atoms with van der Waals surface area (Å²) in [6.45, 7) is 0.996. The van der Waals surface area contributed by atoms with Crippen LogP contribution >= 0.6 is 0 Å². The third kappa shape index (κ3) is 4.19. The molecule has 6 nitrogen and oxygen atoms in total. The van der Waals surface area contributed by atoms with E-state index in [0.29, 0.717) is 13.1 Å². The van der Waals surface area contributed by atoms with Crippen LogP contribution in [0.15, 0.2) is 67.4 Å². The van der Waals surface area contributed by atoms with Crippen molar-refractivity contribution in [2.24, 2.45) is 0 Å². The molecule has 0 radical (unpaired) electrons.